The van der Waals surface area contributed by atoms with Gasteiger partial charge in [-0.15, -0.1) is 0 Å². The van der Waals surface area contributed by atoms with Gasteiger partial charge in [0.1, 0.15) is 11.4 Å². The van der Waals surface area contributed by atoms with Gasteiger partial charge in [-0.3, -0.25) is 4.90 Å². The third-order valence-corrected chi connectivity index (χ3v) is 5.45. The minimum atomic E-state index is -0.455. The third kappa shape index (κ3) is 4.40. The zero-order valence-electron chi connectivity index (χ0n) is 16.9. The second kappa shape index (κ2) is 7.59. The molecule has 2 aliphatic heterocycles. The van der Waals surface area contributed by atoms with E-state index < -0.39 is 5.60 Å². The normalized spacial score (nSPS) is 24.9. The van der Waals surface area contributed by atoms with E-state index >= 15 is 0 Å². The highest BCUT2D eigenvalue weighted by Crippen LogP contribution is 2.31. The van der Waals surface area contributed by atoms with Crippen LogP contribution in [-0.4, -0.2) is 51.7 Å². The minimum Gasteiger partial charge on any atom is -0.444 e. The molecule has 0 N–H and O–H groups in total. The highest BCUT2D eigenvalue weighted by Gasteiger charge is 2.40. The maximum absolute atomic E-state index is 12.7. The van der Waals surface area contributed by atoms with E-state index in [2.05, 4.69) is 9.88 Å². The summed E-state index contributed by atoms with van der Waals surface area (Å²) >= 11 is 0. The second-order valence-electron chi connectivity index (χ2n) is 8.67. The molecule has 6 heteroatoms. The van der Waals surface area contributed by atoms with Crippen LogP contribution in [-0.2, 0) is 11.3 Å². The van der Waals surface area contributed by atoms with Crippen LogP contribution in [0.5, 0.6) is 0 Å². The molecule has 6 nitrogen and oxygen atoms in total. The molecule has 0 aromatic carbocycles. The first kappa shape index (κ1) is 19.2. The average molecular weight is 364 g/mol. The van der Waals surface area contributed by atoms with Crippen molar-refractivity contribution in [3.05, 3.63) is 17.3 Å². The SMILES string of the molecule is Cc1nc(CN2CCCCC2C2CCCN2C(=O)OC(C)(C)C)oc1C. The largest absolute Gasteiger partial charge is 0.444 e. The number of aryl methyl sites for hydroxylation is 2. The maximum atomic E-state index is 12.7. The van der Waals surface area contributed by atoms with E-state index in [1.165, 1.54) is 12.8 Å². The molecule has 146 valence electrons. The summed E-state index contributed by atoms with van der Waals surface area (Å²) in [6.07, 6.45) is 5.43. The van der Waals surface area contributed by atoms with E-state index in [0.717, 1.165) is 56.2 Å². The van der Waals surface area contributed by atoms with E-state index in [9.17, 15) is 4.79 Å². The molecule has 2 atom stereocenters. The van der Waals surface area contributed by atoms with E-state index in [4.69, 9.17) is 9.15 Å². The zero-order valence-corrected chi connectivity index (χ0v) is 16.9. The van der Waals surface area contributed by atoms with Crippen LogP contribution in [0.15, 0.2) is 4.42 Å². The van der Waals surface area contributed by atoms with Gasteiger partial charge in [-0.1, -0.05) is 6.42 Å². The fourth-order valence-corrected chi connectivity index (χ4v) is 4.17. The van der Waals surface area contributed by atoms with Crippen molar-refractivity contribution in [3.63, 3.8) is 0 Å². The van der Waals surface area contributed by atoms with Gasteiger partial charge in [0.05, 0.1) is 18.3 Å². The standard InChI is InChI=1S/C20H33N3O3/c1-14-15(2)25-18(21-14)13-22-11-7-6-9-16(22)17-10-8-12-23(17)19(24)26-20(3,4)5/h16-17H,6-13H2,1-5H3. The van der Waals surface area contributed by atoms with Crippen molar-refractivity contribution in [3.8, 4) is 0 Å². The Balaban J connectivity index is 1.72. The summed E-state index contributed by atoms with van der Waals surface area (Å²) in [5.74, 6) is 1.68. The van der Waals surface area contributed by atoms with Crippen LogP contribution in [0.3, 0.4) is 0 Å². The Morgan fingerprint density at radius 1 is 1.15 bits per heavy atom. The molecule has 0 aliphatic carbocycles. The number of nitrogens with zero attached hydrogens (tertiary/aromatic N) is 3. The Bertz CT molecular complexity index is 615. The number of rotatable bonds is 3. The second-order valence-corrected chi connectivity index (χ2v) is 8.67. The summed E-state index contributed by atoms with van der Waals surface area (Å²) in [5.41, 5.74) is 0.508. The summed E-state index contributed by atoms with van der Waals surface area (Å²) in [5, 5.41) is 0. The summed E-state index contributed by atoms with van der Waals surface area (Å²) in [6.45, 7) is 12.3. The molecular formula is C20H33N3O3. The molecule has 0 bridgehead atoms. The molecular weight excluding hydrogens is 330 g/mol. The lowest BCUT2D eigenvalue weighted by Gasteiger charge is -2.41. The Labute approximate surface area is 156 Å². The van der Waals surface area contributed by atoms with Crippen LogP contribution < -0.4 is 0 Å². The Morgan fingerprint density at radius 2 is 1.88 bits per heavy atom. The monoisotopic (exact) mass is 363 g/mol. The van der Waals surface area contributed by atoms with E-state index in [0.29, 0.717) is 6.04 Å². The number of aromatic nitrogens is 1. The van der Waals surface area contributed by atoms with Gasteiger partial charge in [-0.05, 0) is 66.8 Å². The van der Waals surface area contributed by atoms with Crippen LogP contribution in [0.25, 0.3) is 0 Å². The first-order valence-electron chi connectivity index (χ1n) is 9.91. The molecule has 0 radical (unpaired) electrons. The van der Waals surface area contributed by atoms with Gasteiger partial charge < -0.3 is 14.1 Å². The molecule has 1 aromatic heterocycles. The molecule has 2 unspecified atom stereocenters. The minimum absolute atomic E-state index is 0.173. The molecule has 0 spiro atoms. The highest BCUT2D eigenvalue weighted by molar-refractivity contribution is 5.69. The van der Waals surface area contributed by atoms with Gasteiger partial charge in [-0.2, -0.15) is 0 Å². The first-order chi connectivity index (χ1) is 12.2. The number of carbonyl (C=O) groups is 1. The number of oxazole rings is 1. The van der Waals surface area contributed by atoms with Crippen molar-refractivity contribution in [2.45, 2.75) is 91.0 Å². The summed E-state index contributed by atoms with van der Waals surface area (Å²) in [6, 6.07) is 0.577. The maximum Gasteiger partial charge on any atom is 0.410 e. The van der Waals surface area contributed by atoms with Gasteiger partial charge in [0, 0.05) is 12.6 Å². The highest BCUT2D eigenvalue weighted by atomic mass is 16.6. The Hall–Kier alpha value is -1.56. The number of likely N-dealkylation sites (tertiary alicyclic amines) is 2. The number of ether oxygens (including phenoxy) is 1. The lowest BCUT2D eigenvalue weighted by Crippen LogP contribution is -2.53. The number of hydrogen-bond donors (Lipinski definition) is 0. The molecule has 3 heterocycles. The zero-order chi connectivity index (χ0) is 18.9. The van der Waals surface area contributed by atoms with Crippen molar-refractivity contribution < 1.29 is 13.9 Å². The van der Waals surface area contributed by atoms with Crippen LogP contribution in [0.2, 0.25) is 0 Å². The summed E-state index contributed by atoms with van der Waals surface area (Å²) in [7, 11) is 0. The predicted octanol–water partition coefficient (Wildman–Crippen LogP) is 4.05. The van der Waals surface area contributed by atoms with Gasteiger partial charge >= 0.3 is 6.09 Å². The first-order valence-corrected chi connectivity index (χ1v) is 9.91. The van der Waals surface area contributed by atoms with Crippen molar-refractivity contribution in [2.24, 2.45) is 0 Å². The number of hydrogen-bond acceptors (Lipinski definition) is 5. The van der Waals surface area contributed by atoms with Gasteiger partial charge in [0.2, 0.25) is 5.89 Å². The topological polar surface area (TPSA) is 58.8 Å². The smallest absolute Gasteiger partial charge is 0.410 e. The Morgan fingerprint density at radius 3 is 2.54 bits per heavy atom. The van der Waals surface area contributed by atoms with Gasteiger partial charge in [0.15, 0.2) is 0 Å². The molecule has 2 saturated heterocycles. The fraction of sp³-hybridized carbons (Fsp3) is 0.800. The number of amides is 1. The molecule has 3 rings (SSSR count). The quantitative estimate of drug-likeness (QED) is 0.811. The molecule has 1 aromatic rings. The number of carbonyl (C=O) groups excluding carboxylic acids is 1. The predicted molar refractivity (Wildman–Crippen MR) is 100.0 cm³/mol. The lowest BCUT2D eigenvalue weighted by molar-refractivity contribution is 0.00536. The summed E-state index contributed by atoms with van der Waals surface area (Å²) in [4.78, 5) is 21.7. The van der Waals surface area contributed by atoms with E-state index in [1.54, 1.807) is 0 Å². The van der Waals surface area contributed by atoms with Crippen LogP contribution in [0, 0.1) is 13.8 Å². The van der Waals surface area contributed by atoms with Crippen LogP contribution in [0.4, 0.5) is 4.79 Å². The van der Waals surface area contributed by atoms with Gasteiger partial charge in [0.25, 0.3) is 0 Å². The molecule has 1 amide bonds. The van der Waals surface area contributed by atoms with Crippen molar-refractivity contribution in [2.75, 3.05) is 13.1 Å². The van der Waals surface area contributed by atoms with Gasteiger partial charge in [-0.25, -0.2) is 9.78 Å². The average Bonchev–Trinajstić information content (AvgIpc) is 3.14. The third-order valence-electron chi connectivity index (χ3n) is 5.45. The lowest BCUT2D eigenvalue weighted by atomic mass is 9.94. The molecule has 2 aliphatic rings. The van der Waals surface area contributed by atoms with Crippen molar-refractivity contribution in [1.82, 2.24) is 14.8 Å². The fourth-order valence-electron chi connectivity index (χ4n) is 4.17. The van der Waals surface area contributed by atoms with E-state index in [1.807, 2.05) is 39.5 Å². The molecule has 2 fully saturated rings. The Kier molecular flexibility index (Phi) is 5.61. The van der Waals surface area contributed by atoms with Crippen LogP contribution >= 0.6 is 0 Å². The van der Waals surface area contributed by atoms with Crippen LogP contribution in [0.1, 0.15) is 70.2 Å². The molecule has 0 saturated carbocycles. The molecule has 26 heavy (non-hydrogen) atoms. The van der Waals surface area contributed by atoms with E-state index in [-0.39, 0.29) is 12.1 Å². The number of piperidine rings is 1. The van der Waals surface area contributed by atoms with Crippen molar-refractivity contribution >= 4 is 6.09 Å². The van der Waals surface area contributed by atoms with Crippen molar-refractivity contribution in [1.29, 1.82) is 0 Å². The summed E-state index contributed by atoms with van der Waals surface area (Å²) < 4.78 is 11.5.